The van der Waals surface area contributed by atoms with Crippen molar-refractivity contribution in [3.63, 3.8) is 0 Å². The van der Waals surface area contributed by atoms with Crippen molar-refractivity contribution < 1.29 is 23.8 Å². The molecule has 0 unspecified atom stereocenters. The first-order valence-electron chi connectivity index (χ1n) is 12.6. The monoisotopic (exact) mass is 428 g/mol. The number of rotatable bonds is 23. The quantitative estimate of drug-likeness (QED) is 0.133. The van der Waals surface area contributed by atoms with Gasteiger partial charge < -0.3 is 14.2 Å². The molecular formula is C25H48O5. The van der Waals surface area contributed by atoms with Gasteiger partial charge >= 0.3 is 11.9 Å². The highest BCUT2D eigenvalue weighted by molar-refractivity contribution is 5.69. The molecule has 0 rings (SSSR count). The maximum absolute atomic E-state index is 11.7. The first kappa shape index (κ1) is 28.9. The van der Waals surface area contributed by atoms with Crippen molar-refractivity contribution in [3.8, 4) is 0 Å². The average Bonchev–Trinajstić information content (AvgIpc) is 2.74. The fraction of sp³-hybridized carbons (Fsp3) is 0.920. The summed E-state index contributed by atoms with van der Waals surface area (Å²) in [4.78, 5) is 23.3. The molecule has 5 nitrogen and oxygen atoms in total. The molecule has 30 heavy (non-hydrogen) atoms. The molecule has 0 aliphatic carbocycles. The third-order valence-electron chi connectivity index (χ3n) is 5.20. The van der Waals surface area contributed by atoms with Crippen LogP contribution >= 0.6 is 0 Å². The van der Waals surface area contributed by atoms with E-state index in [9.17, 15) is 9.59 Å². The molecule has 0 spiro atoms. The minimum atomic E-state index is -0.151. The molecule has 0 atom stereocenters. The molecule has 0 saturated carbocycles. The standard InChI is InChI=1S/C25H48O5/c1-3-5-7-9-11-12-13-15-17-19-25(27)30-23-21-28-20-22-29-24(26)18-16-14-10-8-6-4-2/h3-23H2,1-2H3. The van der Waals surface area contributed by atoms with E-state index in [1.165, 1.54) is 70.6 Å². The van der Waals surface area contributed by atoms with E-state index in [1.54, 1.807) is 0 Å². The smallest absolute Gasteiger partial charge is 0.305 e. The van der Waals surface area contributed by atoms with Crippen molar-refractivity contribution in [1.29, 1.82) is 0 Å². The molecule has 0 amide bonds. The molecule has 0 aliphatic rings. The van der Waals surface area contributed by atoms with Gasteiger partial charge in [0.15, 0.2) is 0 Å². The Kier molecular flexibility index (Phi) is 23.3. The van der Waals surface area contributed by atoms with Crippen LogP contribution < -0.4 is 0 Å². The fourth-order valence-electron chi connectivity index (χ4n) is 3.30. The highest BCUT2D eigenvalue weighted by Gasteiger charge is 2.04. The molecule has 5 heteroatoms. The Morgan fingerprint density at radius 2 is 0.800 bits per heavy atom. The van der Waals surface area contributed by atoms with Crippen LogP contribution in [0.15, 0.2) is 0 Å². The summed E-state index contributed by atoms with van der Waals surface area (Å²) in [6.07, 6.45) is 19.1. The van der Waals surface area contributed by atoms with Crippen LogP contribution in [-0.2, 0) is 23.8 Å². The second-order valence-electron chi connectivity index (χ2n) is 8.15. The van der Waals surface area contributed by atoms with Crippen LogP contribution in [0.25, 0.3) is 0 Å². The Morgan fingerprint density at radius 3 is 1.17 bits per heavy atom. The Balaban J connectivity index is 3.26. The molecule has 0 heterocycles. The fourth-order valence-corrected chi connectivity index (χ4v) is 3.30. The van der Waals surface area contributed by atoms with Crippen LogP contribution in [0.5, 0.6) is 0 Å². The number of ether oxygens (including phenoxy) is 3. The van der Waals surface area contributed by atoms with Gasteiger partial charge in [0.2, 0.25) is 0 Å². The van der Waals surface area contributed by atoms with E-state index in [4.69, 9.17) is 14.2 Å². The Morgan fingerprint density at radius 1 is 0.467 bits per heavy atom. The van der Waals surface area contributed by atoms with Crippen LogP contribution in [0, 0.1) is 0 Å². The largest absolute Gasteiger partial charge is 0.463 e. The summed E-state index contributed by atoms with van der Waals surface area (Å²) in [6.45, 7) is 5.65. The van der Waals surface area contributed by atoms with E-state index < -0.39 is 0 Å². The van der Waals surface area contributed by atoms with E-state index in [-0.39, 0.29) is 25.2 Å². The van der Waals surface area contributed by atoms with Crippen molar-refractivity contribution in [1.82, 2.24) is 0 Å². The van der Waals surface area contributed by atoms with Crippen LogP contribution in [0.3, 0.4) is 0 Å². The van der Waals surface area contributed by atoms with Gasteiger partial charge in [-0.2, -0.15) is 0 Å². The molecule has 0 aromatic heterocycles. The van der Waals surface area contributed by atoms with Crippen LogP contribution in [0.2, 0.25) is 0 Å². The first-order chi connectivity index (χ1) is 14.7. The molecule has 0 aromatic carbocycles. The maximum atomic E-state index is 11.7. The third-order valence-corrected chi connectivity index (χ3v) is 5.20. The summed E-state index contributed by atoms with van der Waals surface area (Å²) in [6, 6.07) is 0. The number of carbonyl (C=O) groups excluding carboxylic acids is 2. The van der Waals surface area contributed by atoms with Crippen molar-refractivity contribution in [3.05, 3.63) is 0 Å². The topological polar surface area (TPSA) is 61.8 Å². The predicted molar refractivity (Wildman–Crippen MR) is 123 cm³/mol. The Bertz CT molecular complexity index is 384. The zero-order valence-electron chi connectivity index (χ0n) is 19.9. The molecule has 0 bridgehead atoms. The molecule has 178 valence electrons. The second-order valence-corrected chi connectivity index (χ2v) is 8.15. The second kappa shape index (κ2) is 24.2. The van der Waals surface area contributed by atoms with Crippen LogP contribution in [-0.4, -0.2) is 38.4 Å². The Hall–Kier alpha value is -1.10. The molecule has 0 radical (unpaired) electrons. The lowest BCUT2D eigenvalue weighted by Crippen LogP contribution is -2.14. The van der Waals surface area contributed by atoms with Crippen LogP contribution in [0.1, 0.15) is 123 Å². The van der Waals surface area contributed by atoms with Gasteiger partial charge in [-0.05, 0) is 12.8 Å². The van der Waals surface area contributed by atoms with E-state index in [1.807, 2.05) is 0 Å². The van der Waals surface area contributed by atoms with Gasteiger partial charge in [-0.25, -0.2) is 0 Å². The average molecular weight is 429 g/mol. The van der Waals surface area contributed by atoms with Gasteiger partial charge in [-0.1, -0.05) is 97.3 Å². The molecular weight excluding hydrogens is 380 g/mol. The summed E-state index contributed by atoms with van der Waals surface area (Å²) in [5.41, 5.74) is 0. The molecule has 0 fully saturated rings. The van der Waals surface area contributed by atoms with Crippen molar-refractivity contribution >= 4 is 11.9 Å². The molecule has 0 saturated heterocycles. The zero-order valence-corrected chi connectivity index (χ0v) is 19.9. The molecule has 0 aromatic rings. The minimum Gasteiger partial charge on any atom is -0.463 e. The van der Waals surface area contributed by atoms with E-state index in [0.717, 1.165) is 25.7 Å². The van der Waals surface area contributed by atoms with E-state index in [2.05, 4.69) is 13.8 Å². The van der Waals surface area contributed by atoms with Gasteiger partial charge in [-0.3, -0.25) is 9.59 Å². The number of hydrogen-bond acceptors (Lipinski definition) is 5. The zero-order chi connectivity index (χ0) is 22.1. The molecule has 0 N–H and O–H groups in total. The number of carbonyl (C=O) groups is 2. The number of hydrogen-bond donors (Lipinski definition) is 0. The number of unbranched alkanes of at least 4 members (excludes halogenated alkanes) is 13. The van der Waals surface area contributed by atoms with Gasteiger partial charge in [0.1, 0.15) is 13.2 Å². The third kappa shape index (κ3) is 23.2. The lowest BCUT2D eigenvalue weighted by molar-refractivity contribution is -0.146. The van der Waals surface area contributed by atoms with E-state index in [0.29, 0.717) is 26.1 Å². The van der Waals surface area contributed by atoms with Crippen molar-refractivity contribution in [2.24, 2.45) is 0 Å². The lowest BCUT2D eigenvalue weighted by atomic mass is 10.1. The highest BCUT2D eigenvalue weighted by Crippen LogP contribution is 2.11. The summed E-state index contributed by atoms with van der Waals surface area (Å²) < 4.78 is 15.6. The predicted octanol–water partition coefficient (Wildman–Crippen LogP) is 6.76. The van der Waals surface area contributed by atoms with Crippen LogP contribution in [0.4, 0.5) is 0 Å². The normalized spacial score (nSPS) is 10.9. The van der Waals surface area contributed by atoms with Gasteiger partial charge in [0.25, 0.3) is 0 Å². The summed E-state index contributed by atoms with van der Waals surface area (Å²) in [5, 5.41) is 0. The SMILES string of the molecule is CCCCCCCCCCCC(=O)OCCOCCOC(=O)CCCCCCCC. The summed E-state index contributed by atoms with van der Waals surface area (Å²) in [5.74, 6) is -0.298. The summed E-state index contributed by atoms with van der Waals surface area (Å²) >= 11 is 0. The lowest BCUT2D eigenvalue weighted by Gasteiger charge is -2.07. The van der Waals surface area contributed by atoms with Crippen molar-refractivity contribution in [2.75, 3.05) is 26.4 Å². The van der Waals surface area contributed by atoms with Gasteiger partial charge in [-0.15, -0.1) is 0 Å². The first-order valence-corrected chi connectivity index (χ1v) is 12.6. The Labute approximate surface area is 185 Å². The molecule has 0 aliphatic heterocycles. The minimum absolute atomic E-state index is 0.146. The van der Waals surface area contributed by atoms with Crippen molar-refractivity contribution in [2.45, 2.75) is 123 Å². The van der Waals surface area contributed by atoms with E-state index >= 15 is 0 Å². The van der Waals surface area contributed by atoms with Gasteiger partial charge in [0, 0.05) is 12.8 Å². The van der Waals surface area contributed by atoms with Gasteiger partial charge in [0.05, 0.1) is 13.2 Å². The summed E-state index contributed by atoms with van der Waals surface area (Å²) in [7, 11) is 0. The highest BCUT2D eigenvalue weighted by atomic mass is 16.6. The number of esters is 2. The maximum Gasteiger partial charge on any atom is 0.305 e.